The average molecular weight is 473 g/mol. The van der Waals surface area contributed by atoms with Gasteiger partial charge in [-0.3, -0.25) is 9.59 Å². The molecule has 182 valence electrons. The Kier molecular flexibility index (Phi) is 7.70. The van der Waals surface area contributed by atoms with E-state index in [9.17, 15) is 9.59 Å². The molecule has 1 N–H and O–H groups in total. The molecule has 6 nitrogen and oxygen atoms in total. The lowest BCUT2D eigenvalue weighted by atomic mass is 10.1. The van der Waals surface area contributed by atoms with E-state index in [0.29, 0.717) is 35.5 Å². The number of amides is 1. The number of nitrogens with one attached hydrogen (secondary N) is 1. The Hall–Kier alpha value is -3.80. The van der Waals surface area contributed by atoms with E-state index in [1.807, 2.05) is 66.1 Å². The van der Waals surface area contributed by atoms with Crippen LogP contribution in [0.1, 0.15) is 45.2 Å². The number of nitrogens with zero attached hydrogens (tertiary/aromatic N) is 1. The molecule has 1 unspecified atom stereocenters. The van der Waals surface area contributed by atoms with E-state index in [1.165, 1.54) is 0 Å². The summed E-state index contributed by atoms with van der Waals surface area (Å²) >= 11 is 0. The number of hydrogen-bond acceptors (Lipinski definition) is 4. The van der Waals surface area contributed by atoms with Crippen molar-refractivity contribution in [2.45, 2.75) is 46.2 Å². The molecule has 4 aromatic rings. The maximum absolute atomic E-state index is 13.2. The summed E-state index contributed by atoms with van der Waals surface area (Å²) in [5, 5.41) is 4.31. The Bertz CT molecular complexity index is 1330. The molecular formula is C29H32N2O4. The molecule has 0 aliphatic heterocycles. The molecule has 0 saturated heterocycles. The molecule has 0 bridgehead atoms. The zero-order valence-corrected chi connectivity index (χ0v) is 20.5. The number of aromatic nitrogens is 1. The van der Waals surface area contributed by atoms with E-state index < -0.39 is 0 Å². The molecule has 0 fully saturated rings. The van der Waals surface area contributed by atoms with Gasteiger partial charge >= 0.3 is 0 Å². The highest BCUT2D eigenvalue weighted by atomic mass is 16.5. The van der Waals surface area contributed by atoms with E-state index in [2.05, 4.69) is 19.2 Å². The van der Waals surface area contributed by atoms with E-state index in [0.717, 1.165) is 29.4 Å². The second-order valence-corrected chi connectivity index (χ2v) is 8.64. The molecular weight excluding hydrogens is 440 g/mol. The predicted molar refractivity (Wildman–Crippen MR) is 140 cm³/mol. The zero-order chi connectivity index (χ0) is 24.8. The van der Waals surface area contributed by atoms with Crippen molar-refractivity contribution in [2.75, 3.05) is 13.2 Å². The SMILES string of the molecule is CCCOc1ccc(C(C)NC(=O)Cn2c3ccccc3c(=O)c3ccccc32)cc1OCCC. The summed E-state index contributed by atoms with van der Waals surface area (Å²) in [7, 11) is 0. The summed E-state index contributed by atoms with van der Waals surface area (Å²) in [5.41, 5.74) is 2.40. The molecule has 4 rings (SSSR count). The van der Waals surface area contributed by atoms with Gasteiger partial charge in [-0.2, -0.15) is 0 Å². The Morgan fingerprint density at radius 2 is 1.43 bits per heavy atom. The van der Waals surface area contributed by atoms with Gasteiger partial charge in [-0.05, 0) is 61.7 Å². The Labute approximate surface area is 205 Å². The minimum Gasteiger partial charge on any atom is -0.490 e. The maximum atomic E-state index is 13.2. The third kappa shape index (κ3) is 5.32. The van der Waals surface area contributed by atoms with Gasteiger partial charge < -0.3 is 19.4 Å². The number of fused-ring (bicyclic) bond motifs is 2. The predicted octanol–water partition coefficient (Wildman–Crippen LogP) is 5.61. The van der Waals surface area contributed by atoms with Gasteiger partial charge in [0.2, 0.25) is 5.91 Å². The van der Waals surface area contributed by atoms with E-state index in [-0.39, 0.29) is 23.9 Å². The average Bonchev–Trinajstić information content (AvgIpc) is 2.88. The molecule has 1 aromatic heterocycles. The van der Waals surface area contributed by atoms with Gasteiger partial charge in [0.15, 0.2) is 16.9 Å². The number of hydrogen-bond donors (Lipinski definition) is 1. The number of carbonyl (C=O) groups is 1. The van der Waals surface area contributed by atoms with Crippen LogP contribution in [0.25, 0.3) is 21.8 Å². The minimum atomic E-state index is -0.233. The fourth-order valence-corrected chi connectivity index (χ4v) is 4.21. The number of pyridine rings is 1. The van der Waals surface area contributed by atoms with Crippen LogP contribution in [0, 0.1) is 0 Å². The molecule has 6 heteroatoms. The van der Waals surface area contributed by atoms with Crippen LogP contribution in [0.5, 0.6) is 11.5 Å². The van der Waals surface area contributed by atoms with Gasteiger partial charge in [-0.15, -0.1) is 0 Å². The normalized spacial score (nSPS) is 12.0. The Morgan fingerprint density at radius 3 is 2.03 bits per heavy atom. The number of carbonyl (C=O) groups excluding carboxylic acids is 1. The van der Waals surface area contributed by atoms with Gasteiger partial charge in [-0.25, -0.2) is 0 Å². The first-order chi connectivity index (χ1) is 17.0. The van der Waals surface area contributed by atoms with Crippen LogP contribution in [0.2, 0.25) is 0 Å². The summed E-state index contributed by atoms with van der Waals surface area (Å²) < 4.78 is 13.6. The van der Waals surface area contributed by atoms with E-state index in [4.69, 9.17) is 9.47 Å². The van der Waals surface area contributed by atoms with Crippen molar-refractivity contribution >= 4 is 27.7 Å². The lowest BCUT2D eigenvalue weighted by Crippen LogP contribution is -2.30. The van der Waals surface area contributed by atoms with Gasteiger partial charge in [0, 0.05) is 10.8 Å². The van der Waals surface area contributed by atoms with Crippen LogP contribution in [0.3, 0.4) is 0 Å². The summed E-state index contributed by atoms with van der Waals surface area (Å²) in [5.74, 6) is 1.27. The minimum absolute atomic E-state index is 0.0220. The smallest absolute Gasteiger partial charge is 0.240 e. The fourth-order valence-electron chi connectivity index (χ4n) is 4.21. The van der Waals surface area contributed by atoms with Crippen molar-refractivity contribution in [3.8, 4) is 11.5 Å². The zero-order valence-electron chi connectivity index (χ0n) is 20.5. The highest BCUT2D eigenvalue weighted by Gasteiger charge is 2.16. The molecule has 1 amide bonds. The molecule has 1 atom stereocenters. The van der Waals surface area contributed by atoms with Crippen molar-refractivity contribution < 1.29 is 14.3 Å². The molecule has 0 aliphatic rings. The Morgan fingerprint density at radius 1 is 0.857 bits per heavy atom. The lowest BCUT2D eigenvalue weighted by molar-refractivity contribution is -0.122. The number of para-hydroxylation sites is 2. The first-order valence-electron chi connectivity index (χ1n) is 12.2. The maximum Gasteiger partial charge on any atom is 0.240 e. The van der Waals surface area contributed by atoms with Gasteiger partial charge in [0.1, 0.15) is 6.54 Å². The highest BCUT2D eigenvalue weighted by molar-refractivity contribution is 5.94. The van der Waals surface area contributed by atoms with Crippen molar-refractivity contribution in [3.63, 3.8) is 0 Å². The number of ether oxygens (including phenoxy) is 2. The van der Waals surface area contributed by atoms with Gasteiger partial charge in [0.05, 0.1) is 30.3 Å². The van der Waals surface area contributed by atoms with Crippen molar-refractivity contribution in [1.82, 2.24) is 9.88 Å². The van der Waals surface area contributed by atoms with Crippen LogP contribution in [0.4, 0.5) is 0 Å². The monoisotopic (exact) mass is 472 g/mol. The standard InChI is InChI=1S/C29H32N2O4/c1-4-16-34-26-15-14-21(18-27(26)35-17-5-2)20(3)30-28(32)19-31-24-12-8-6-10-22(24)29(33)23-11-7-9-13-25(23)31/h6-15,18,20H,4-5,16-17,19H2,1-3H3,(H,30,32). The summed E-state index contributed by atoms with van der Waals surface area (Å²) in [6.45, 7) is 7.39. The molecule has 0 radical (unpaired) electrons. The number of benzene rings is 3. The largest absolute Gasteiger partial charge is 0.490 e. The van der Waals surface area contributed by atoms with Gasteiger partial charge in [0.25, 0.3) is 0 Å². The molecule has 0 aliphatic carbocycles. The van der Waals surface area contributed by atoms with Crippen molar-refractivity contribution in [1.29, 1.82) is 0 Å². The van der Waals surface area contributed by atoms with Crippen LogP contribution in [0.15, 0.2) is 71.5 Å². The van der Waals surface area contributed by atoms with Crippen LogP contribution in [-0.2, 0) is 11.3 Å². The molecule has 35 heavy (non-hydrogen) atoms. The first kappa shape index (κ1) is 24.3. The van der Waals surface area contributed by atoms with Crippen molar-refractivity contribution in [3.05, 3.63) is 82.5 Å². The third-order valence-corrected chi connectivity index (χ3v) is 5.95. The van der Waals surface area contributed by atoms with Crippen LogP contribution in [-0.4, -0.2) is 23.7 Å². The highest BCUT2D eigenvalue weighted by Crippen LogP contribution is 2.31. The third-order valence-electron chi connectivity index (χ3n) is 5.95. The second kappa shape index (κ2) is 11.1. The molecule has 3 aromatic carbocycles. The van der Waals surface area contributed by atoms with Gasteiger partial charge in [-0.1, -0.05) is 44.2 Å². The molecule has 0 saturated carbocycles. The fraction of sp³-hybridized carbons (Fsp3) is 0.310. The number of rotatable bonds is 10. The van der Waals surface area contributed by atoms with E-state index in [1.54, 1.807) is 12.1 Å². The quantitative estimate of drug-likeness (QED) is 0.305. The van der Waals surface area contributed by atoms with Crippen LogP contribution >= 0.6 is 0 Å². The molecule has 0 spiro atoms. The second-order valence-electron chi connectivity index (χ2n) is 8.64. The first-order valence-corrected chi connectivity index (χ1v) is 12.2. The van der Waals surface area contributed by atoms with E-state index >= 15 is 0 Å². The summed E-state index contributed by atoms with van der Waals surface area (Å²) in [4.78, 5) is 26.1. The molecule has 1 heterocycles. The van der Waals surface area contributed by atoms with Crippen molar-refractivity contribution in [2.24, 2.45) is 0 Å². The topological polar surface area (TPSA) is 69.6 Å². The summed E-state index contributed by atoms with van der Waals surface area (Å²) in [6, 6.07) is 20.4. The van der Waals surface area contributed by atoms with Crippen LogP contribution < -0.4 is 20.2 Å². The Balaban J connectivity index is 1.59. The lowest BCUT2D eigenvalue weighted by Gasteiger charge is -2.19. The summed E-state index contributed by atoms with van der Waals surface area (Å²) in [6.07, 6.45) is 1.81.